The Bertz CT molecular complexity index is 230. The molecule has 0 saturated carbocycles. The van der Waals surface area contributed by atoms with Crippen molar-refractivity contribution >= 4 is 11.7 Å². The van der Waals surface area contributed by atoms with Crippen LogP contribution in [0.2, 0.25) is 0 Å². The average Bonchev–Trinajstić information content (AvgIpc) is 2.55. The summed E-state index contributed by atoms with van der Waals surface area (Å²) in [4.78, 5) is 2.10. The Labute approximate surface area is 72.5 Å². The summed E-state index contributed by atoms with van der Waals surface area (Å²) in [7, 11) is 1.82. The lowest BCUT2D eigenvalue weighted by Gasteiger charge is -2.15. The lowest BCUT2D eigenvalue weighted by atomic mass is 10.5. The fraction of sp³-hybridized carbons (Fsp3) is 0.625. The van der Waals surface area contributed by atoms with Crippen molar-refractivity contribution < 1.29 is 4.52 Å². The first-order valence-electron chi connectivity index (χ1n) is 4.21. The van der Waals surface area contributed by atoms with E-state index in [4.69, 9.17) is 4.52 Å². The molecule has 0 fully saturated rings. The zero-order valence-corrected chi connectivity index (χ0v) is 7.79. The van der Waals surface area contributed by atoms with Crippen molar-refractivity contribution in [2.45, 2.75) is 13.8 Å². The van der Waals surface area contributed by atoms with Crippen molar-refractivity contribution in [1.29, 1.82) is 0 Å². The fourth-order valence-corrected chi connectivity index (χ4v) is 1.07. The molecule has 0 radical (unpaired) electrons. The maximum Gasteiger partial charge on any atom is 0.229 e. The minimum absolute atomic E-state index is 0.775. The standard InChI is InChI=1S/C8H15N3O/c1-4-11(5-2)8-6-7(9-3)10-12-8/h6H,4-5H2,1-3H3,(H,9,10). The van der Waals surface area contributed by atoms with Gasteiger partial charge in [-0.25, -0.2) is 0 Å². The van der Waals surface area contributed by atoms with Crippen LogP contribution in [0.3, 0.4) is 0 Å². The highest BCUT2D eigenvalue weighted by molar-refractivity contribution is 5.46. The third-order valence-electron chi connectivity index (χ3n) is 1.83. The number of hydrogen-bond acceptors (Lipinski definition) is 4. The SMILES string of the molecule is CCN(CC)c1cc(NC)no1. The third kappa shape index (κ3) is 1.69. The Balaban J connectivity index is 2.72. The lowest BCUT2D eigenvalue weighted by Crippen LogP contribution is -2.20. The monoisotopic (exact) mass is 169 g/mol. The smallest absolute Gasteiger partial charge is 0.229 e. The van der Waals surface area contributed by atoms with Crippen LogP contribution in [0.5, 0.6) is 0 Å². The molecule has 1 heterocycles. The molecule has 4 nitrogen and oxygen atoms in total. The molecule has 1 rings (SSSR count). The van der Waals surface area contributed by atoms with Crippen molar-refractivity contribution in [3.8, 4) is 0 Å². The molecule has 0 bridgehead atoms. The summed E-state index contributed by atoms with van der Waals surface area (Å²) in [5.74, 6) is 1.60. The summed E-state index contributed by atoms with van der Waals surface area (Å²) in [6.45, 7) is 6.06. The fourth-order valence-electron chi connectivity index (χ4n) is 1.07. The van der Waals surface area contributed by atoms with Gasteiger partial charge < -0.3 is 14.7 Å². The average molecular weight is 169 g/mol. The Hall–Kier alpha value is -1.19. The molecular formula is C8H15N3O. The van der Waals surface area contributed by atoms with Gasteiger partial charge in [0.1, 0.15) is 0 Å². The summed E-state index contributed by atoms with van der Waals surface area (Å²) in [5.41, 5.74) is 0. The second-order valence-corrected chi connectivity index (χ2v) is 2.47. The van der Waals surface area contributed by atoms with Gasteiger partial charge in [-0.1, -0.05) is 5.16 Å². The summed E-state index contributed by atoms with van der Waals surface area (Å²) in [6.07, 6.45) is 0. The minimum atomic E-state index is 0.775. The maximum absolute atomic E-state index is 5.11. The van der Waals surface area contributed by atoms with Gasteiger partial charge in [-0.2, -0.15) is 0 Å². The summed E-state index contributed by atoms with van der Waals surface area (Å²) in [6, 6.07) is 1.90. The van der Waals surface area contributed by atoms with Crippen LogP contribution in [0.15, 0.2) is 10.6 Å². The number of anilines is 2. The number of nitrogens with zero attached hydrogens (tertiary/aromatic N) is 2. The molecule has 12 heavy (non-hydrogen) atoms. The summed E-state index contributed by atoms with van der Waals surface area (Å²) < 4.78 is 5.11. The second-order valence-electron chi connectivity index (χ2n) is 2.47. The predicted octanol–water partition coefficient (Wildman–Crippen LogP) is 1.56. The Kier molecular flexibility index (Phi) is 2.96. The molecule has 0 saturated heterocycles. The van der Waals surface area contributed by atoms with E-state index in [0.29, 0.717) is 0 Å². The molecule has 0 amide bonds. The number of aromatic nitrogens is 1. The van der Waals surface area contributed by atoms with Crippen molar-refractivity contribution in [2.24, 2.45) is 0 Å². The molecule has 1 N–H and O–H groups in total. The number of rotatable bonds is 4. The first kappa shape index (κ1) is 8.90. The molecule has 4 heteroatoms. The van der Waals surface area contributed by atoms with E-state index in [1.54, 1.807) is 0 Å². The highest BCUT2D eigenvalue weighted by atomic mass is 16.5. The Morgan fingerprint density at radius 3 is 2.58 bits per heavy atom. The van der Waals surface area contributed by atoms with Crippen LogP contribution in [0, 0.1) is 0 Å². The molecule has 1 aromatic rings. The van der Waals surface area contributed by atoms with Gasteiger partial charge in [-0.05, 0) is 13.8 Å². The van der Waals surface area contributed by atoms with Gasteiger partial charge in [-0.3, -0.25) is 0 Å². The van der Waals surface area contributed by atoms with E-state index in [-0.39, 0.29) is 0 Å². The maximum atomic E-state index is 5.11. The van der Waals surface area contributed by atoms with Crippen molar-refractivity contribution in [3.63, 3.8) is 0 Å². The van der Waals surface area contributed by atoms with Crippen LogP contribution in [0.4, 0.5) is 11.7 Å². The van der Waals surface area contributed by atoms with E-state index in [1.165, 1.54) is 0 Å². The van der Waals surface area contributed by atoms with E-state index in [1.807, 2.05) is 13.1 Å². The number of hydrogen-bond donors (Lipinski definition) is 1. The van der Waals surface area contributed by atoms with Crippen LogP contribution >= 0.6 is 0 Å². The molecule has 0 aliphatic rings. The first-order chi connectivity index (χ1) is 5.81. The molecule has 0 aliphatic carbocycles. The molecule has 0 atom stereocenters. The van der Waals surface area contributed by atoms with E-state index in [2.05, 4.69) is 29.2 Å². The number of nitrogens with one attached hydrogen (secondary N) is 1. The lowest BCUT2D eigenvalue weighted by molar-refractivity contribution is 0.420. The van der Waals surface area contributed by atoms with Gasteiger partial charge in [0.15, 0.2) is 5.82 Å². The van der Waals surface area contributed by atoms with Gasteiger partial charge in [0.2, 0.25) is 5.88 Å². The topological polar surface area (TPSA) is 41.3 Å². The molecule has 1 aromatic heterocycles. The summed E-state index contributed by atoms with van der Waals surface area (Å²) >= 11 is 0. The third-order valence-corrected chi connectivity index (χ3v) is 1.83. The van der Waals surface area contributed by atoms with E-state index in [0.717, 1.165) is 24.8 Å². The second kappa shape index (κ2) is 3.99. The normalized spacial score (nSPS) is 9.92. The van der Waals surface area contributed by atoms with Crippen LogP contribution in [-0.2, 0) is 0 Å². The van der Waals surface area contributed by atoms with Gasteiger partial charge in [-0.15, -0.1) is 0 Å². The predicted molar refractivity (Wildman–Crippen MR) is 49.6 cm³/mol. The largest absolute Gasteiger partial charge is 0.370 e. The molecule has 68 valence electrons. The minimum Gasteiger partial charge on any atom is -0.370 e. The van der Waals surface area contributed by atoms with Crippen LogP contribution in [0.25, 0.3) is 0 Å². The summed E-state index contributed by atoms with van der Waals surface area (Å²) in [5, 5.41) is 6.74. The molecule has 0 aliphatic heterocycles. The van der Waals surface area contributed by atoms with Gasteiger partial charge in [0, 0.05) is 26.2 Å². The zero-order chi connectivity index (χ0) is 8.97. The first-order valence-corrected chi connectivity index (χ1v) is 4.21. The van der Waals surface area contributed by atoms with E-state index >= 15 is 0 Å². The molecule has 0 aromatic carbocycles. The van der Waals surface area contributed by atoms with Crippen LogP contribution < -0.4 is 10.2 Å². The molecule has 0 unspecified atom stereocenters. The quantitative estimate of drug-likeness (QED) is 0.742. The Morgan fingerprint density at radius 1 is 1.50 bits per heavy atom. The molecular weight excluding hydrogens is 154 g/mol. The van der Waals surface area contributed by atoms with Crippen LogP contribution in [0.1, 0.15) is 13.8 Å². The molecule has 0 spiro atoms. The van der Waals surface area contributed by atoms with E-state index < -0.39 is 0 Å². The van der Waals surface area contributed by atoms with Gasteiger partial charge in [0.25, 0.3) is 0 Å². The highest BCUT2D eigenvalue weighted by Gasteiger charge is 2.07. The van der Waals surface area contributed by atoms with Gasteiger partial charge in [0.05, 0.1) is 0 Å². The van der Waals surface area contributed by atoms with Crippen molar-refractivity contribution in [3.05, 3.63) is 6.07 Å². The highest BCUT2D eigenvalue weighted by Crippen LogP contribution is 2.17. The van der Waals surface area contributed by atoms with Crippen molar-refractivity contribution in [2.75, 3.05) is 30.4 Å². The Morgan fingerprint density at radius 2 is 2.17 bits per heavy atom. The zero-order valence-electron chi connectivity index (χ0n) is 7.79. The van der Waals surface area contributed by atoms with E-state index in [9.17, 15) is 0 Å². The van der Waals surface area contributed by atoms with Crippen molar-refractivity contribution in [1.82, 2.24) is 5.16 Å². The van der Waals surface area contributed by atoms with Gasteiger partial charge >= 0.3 is 0 Å². The van der Waals surface area contributed by atoms with Crippen LogP contribution in [-0.4, -0.2) is 25.3 Å².